The second-order valence-electron chi connectivity index (χ2n) is 3.24. The van der Waals surface area contributed by atoms with Crippen LogP contribution < -0.4 is 4.90 Å². The largest absolute Gasteiger partial charge is 0.345 e. The predicted octanol–water partition coefficient (Wildman–Crippen LogP) is 2.36. The first-order valence-corrected chi connectivity index (χ1v) is 5.21. The van der Waals surface area contributed by atoms with Crippen LogP contribution in [0.3, 0.4) is 0 Å². The molecule has 1 heterocycles. The summed E-state index contributed by atoms with van der Waals surface area (Å²) in [5.74, 6) is -0.0818. The van der Waals surface area contributed by atoms with E-state index in [4.69, 9.17) is 0 Å². The molecular formula is C9H12F2N2OS. The highest BCUT2D eigenvalue weighted by atomic mass is 32.1. The van der Waals surface area contributed by atoms with E-state index in [1.807, 2.05) is 0 Å². The third kappa shape index (κ3) is 2.95. The minimum atomic E-state index is -2.40. The molecule has 0 aliphatic rings. The van der Waals surface area contributed by atoms with Crippen LogP contribution in [0.2, 0.25) is 0 Å². The van der Waals surface area contributed by atoms with Crippen LogP contribution in [0.5, 0.6) is 0 Å². The second kappa shape index (κ2) is 4.65. The molecule has 1 aromatic rings. The van der Waals surface area contributed by atoms with Crippen molar-refractivity contribution in [2.75, 3.05) is 18.5 Å². The molecule has 6 heteroatoms. The number of aromatic nitrogens is 1. The number of carbonyl (C=O) groups excluding carboxylic acids is 1. The third-order valence-corrected chi connectivity index (χ3v) is 3.22. The van der Waals surface area contributed by atoms with Crippen molar-refractivity contribution in [3.63, 3.8) is 0 Å². The first kappa shape index (κ1) is 12.0. The van der Waals surface area contributed by atoms with Crippen molar-refractivity contribution < 1.29 is 13.6 Å². The van der Waals surface area contributed by atoms with Gasteiger partial charge in [0.2, 0.25) is 0 Å². The minimum absolute atomic E-state index is 0.0818. The number of thiazole rings is 1. The van der Waals surface area contributed by atoms with Gasteiger partial charge in [0.05, 0.1) is 17.1 Å². The zero-order valence-corrected chi connectivity index (χ0v) is 9.57. The molecule has 0 unspecified atom stereocenters. The Morgan fingerprint density at radius 1 is 1.60 bits per heavy atom. The molecule has 1 aromatic heterocycles. The maximum Gasteiger partial charge on any atom is 0.255 e. The molecule has 0 aliphatic carbocycles. The van der Waals surface area contributed by atoms with Crippen molar-refractivity contribution in [1.82, 2.24) is 4.98 Å². The molecule has 1 rings (SSSR count). The van der Waals surface area contributed by atoms with Crippen LogP contribution >= 0.6 is 11.3 Å². The number of carbonyl (C=O) groups is 1. The van der Waals surface area contributed by atoms with Crippen LogP contribution in [-0.2, 0) is 0 Å². The van der Waals surface area contributed by atoms with Crippen molar-refractivity contribution in [2.24, 2.45) is 0 Å². The fourth-order valence-electron chi connectivity index (χ4n) is 1.16. The zero-order chi connectivity index (χ0) is 11.6. The fourth-order valence-corrected chi connectivity index (χ4v) is 2.09. The average molecular weight is 234 g/mol. The van der Waals surface area contributed by atoms with E-state index in [-0.39, 0.29) is 12.3 Å². The molecule has 0 saturated carbocycles. The van der Waals surface area contributed by atoms with Gasteiger partial charge in [-0.1, -0.05) is 11.3 Å². The van der Waals surface area contributed by atoms with Crippen LogP contribution in [0.1, 0.15) is 22.3 Å². The smallest absolute Gasteiger partial charge is 0.255 e. The van der Waals surface area contributed by atoms with E-state index in [0.29, 0.717) is 15.7 Å². The Hall–Kier alpha value is -1.04. The molecule has 0 aliphatic heterocycles. The predicted molar refractivity (Wildman–Crippen MR) is 56.1 cm³/mol. The molecular weight excluding hydrogens is 222 g/mol. The molecule has 0 N–H and O–H groups in total. The number of halogens is 2. The lowest BCUT2D eigenvalue weighted by Gasteiger charge is -2.14. The van der Waals surface area contributed by atoms with E-state index < -0.39 is 6.43 Å². The number of anilines is 1. The standard InChI is InChI=1S/C9H12F2N2OS/c1-5-8(6(2)14)15-9(12-5)13(3)4-7(10)11/h7H,4H2,1-3H3. The molecule has 15 heavy (non-hydrogen) atoms. The molecule has 0 aromatic carbocycles. The van der Waals surface area contributed by atoms with Gasteiger partial charge in [-0.05, 0) is 6.92 Å². The Morgan fingerprint density at radius 3 is 2.60 bits per heavy atom. The maximum absolute atomic E-state index is 12.1. The highest BCUT2D eigenvalue weighted by molar-refractivity contribution is 7.17. The summed E-state index contributed by atoms with van der Waals surface area (Å²) >= 11 is 1.15. The van der Waals surface area contributed by atoms with Gasteiger partial charge in [-0.2, -0.15) is 0 Å². The molecule has 0 bridgehead atoms. The maximum atomic E-state index is 12.1. The van der Waals surface area contributed by atoms with Crippen LogP contribution in [0.4, 0.5) is 13.9 Å². The van der Waals surface area contributed by atoms with Crippen molar-refractivity contribution >= 4 is 22.3 Å². The van der Waals surface area contributed by atoms with Gasteiger partial charge in [-0.25, -0.2) is 13.8 Å². The summed E-state index contributed by atoms with van der Waals surface area (Å²) in [6.07, 6.45) is -2.40. The summed E-state index contributed by atoms with van der Waals surface area (Å²) in [4.78, 5) is 17.1. The number of Topliss-reactive ketones (excluding diaryl/α,β-unsaturated/α-hetero) is 1. The molecule has 84 valence electrons. The second-order valence-corrected chi connectivity index (χ2v) is 4.22. The molecule has 0 fully saturated rings. The summed E-state index contributed by atoms with van der Waals surface area (Å²) < 4.78 is 24.2. The molecule has 3 nitrogen and oxygen atoms in total. The molecule has 0 amide bonds. The van der Waals surface area contributed by atoms with Gasteiger partial charge < -0.3 is 4.90 Å². The van der Waals surface area contributed by atoms with E-state index >= 15 is 0 Å². The van der Waals surface area contributed by atoms with Gasteiger partial charge in [0.15, 0.2) is 10.9 Å². The third-order valence-electron chi connectivity index (χ3n) is 1.84. The molecule has 0 radical (unpaired) electrons. The lowest BCUT2D eigenvalue weighted by atomic mass is 10.3. The van der Waals surface area contributed by atoms with Gasteiger partial charge in [-0.15, -0.1) is 0 Å². The summed E-state index contributed by atoms with van der Waals surface area (Å²) in [6, 6.07) is 0. The first-order valence-electron chi connectivity index (χ1n) is 4.39. The summed E-state index contributed by atoms with van der Waals surface area (Å²) in [6.45, 7) is 2.77. The number of ketones is 1. The zero-order valence-electron chi connectivity index (χ0n) is 8.75. The Morgan fingerprint density at radius 2 is 2.20 bits per heavy atom. The number of rotatable bonds is 4. The van der Waals surface area contributed by atoms with Crippen LogP contribution in [-0.4, -0.2) is 30.8 Å². The number of hydrogen-bond donors (Lipinski definition) is 0. The monoisotopic (exact) mass is 234 g/mol. The Bertz CT molecular complexity index is 365. The van der Waals surface area contributed by atoms with Crippen molar-refractivity contribution in [3.8, 4) is 0 Å². The van der Waals surface area contributed by atoms with Gasteiger partial charge in [0.1, 0.15) is 0 Å². The number of alkyl halides is 2. The number of aryl methyl sites for hydroxylation is 1. The van der Waals surface area contributed by atoms with E-state index in [0.717, 1.165) is 11.3 Å². The number of nitrogens with zero attached hydrogens (tertiary/aromatic N) is 2. The summed E-state index contributed by atoms with van der Waals surface area (Å²) in [5, 5.41) is 0.456. The highest BCUT2D eigenvalue weighted by Crippen LogP contribution is 2.25. The van der Waals surface area contributed by atoms with Gasteiger partial charge >= 0.3 is 0 Å². The van der Waals surface area contributed by atoms with E-state index in [9.17, 15) is 13.6 Å². The van der Waals surface area contributed by atoms with Crippen LogP contribution in [0.15, 0.2) is 0 Å². The SMILES string of the molecule is CC(=O)c1sc(N(C)CC(F)F)nc1C. The Balaban J connectivity index is 2.87. The molecule has 0 spiro atoms. The normalized spacial score (nSPS) is 10.8. The average Bonchev–Trinajstić information content (AvgIpc) is 2.46. The lowest BCUT2D eigenvalue weighted by molar-refractivity contribution is 0.102. The topological polar surface area (TPSA) is 33.2 Å². The minimum Gasteiger partial charge on any atom is -0.345 e. The summed E-state index contributed by atoms with van der Waals surface area (Å²) in [7, 11) is 1.54. The highest BCUT2D eigenvalue weighted by Gasteiger charge is 2.16. The van der Waals surface area contributed by atoms with Crippen molar-refractivity contribution in [2.45, 2.75) is 20.3 Å². The van der Waals surface area contributed by atoms with Crippen LogP contribution in [0.25, 0.3) is 0 Å². The lowest BCUT2D eigenvalue weighted by Crippen LogP contribution is -2.23. The molecule has 0 atom stereocenters. The Kier molecular flexibility index (Phi) is 3.73. The van der Waals surface area contributed by atoms with Crippen LogP contribution in [0, 0.1) is 6.92 Å². The van der Waals surface area contributed by atoms with Gasteiger partial charge in [-0.3, -0.25) is 4.79 Å². The Labute approximate surface area is 90.7 Å². The fraction of sp³-hybridized carbons (Fsp3) is 0.556. The van der Waals surface area contributed by atoms with E-state index in [1.54, 1.807) is 6.92 Å². The van der Waals surface area contributed by atoms with E-state index in [2.05, 4.69) is 4.98 Å². The van der Waals surface area contributed by atoms with Crippen molar-refractivity contribution in [1.29, 1.82) is 0 Å². The van der Waals surface area contributed by atoms with Crippen molar-refractivity contribution in [3.05, 3.63) is 10.6 Å². The van der Waals surface area contributed by atoms with Gasteiger partial charge in [0.25, 0.3) is 6.43 Å². The van der Waals surface area contributed by atoms with E-state index in [1.165, 1.54) is 18.9 Å². The quantitative estimate of drug-likeness (QED) is 0.750. The molecule has 0 saturated heterocycles. The number of hydrogen-bond acceptors (Lipinski definition) is 4. The summed E-state index contributed by atoms with van der Waals surface area (Å²) in [5.41, 5.74) is 0.601. The van der Waals surface area contributed by atoms with Gasteiger partial charge in [0, 0.05) is 14.0 Å². The first-order chi connectivity index (χ1) is 6.91.